The van der Waals surface area contributed by atoms with Crippen LogP contribution in [0.2, 0.25) is 0 Å². The number of carboxylic acid groups (broad SMARTS) is 1. The molecule has 2 N–H and O–H groups in total. The Morgan fingerprint density at radius 1 is 1.00 bits per heavy atom. The SMILES string of the molecule is CC(=O)N1CCN(CC(=O)O)CCN1C(=O)C[C@@H](Cc1cc(F)c(F)cc1F)NC(=O)OC(C)(C)C. The number of benzene rings is 1. The van der Waals surface area contributed by atoms with Crippen molar-refractivity contribution in [3.05, 3.63) is 35.1 Å². The zero-order valence-electron chi connectivity index (χ0n) is 20.6. The largest absolute Gasteiger partial charge is 0.480 e. The van der Waals surface area contributed by atoms with E-state index in [0.717, 1.165) is 5.01 Å². The molecule has 1 aliphatic rings. The Morgan fingerprint density at radius 2 is 1.58 bits per heavy atom. The van der Waals surface area contributed by atoms with Crippen molar-refractivity contribution >= 4 is 23.9 Å². The number of rotatable bonds is 7. The molecular formula is C23H31F3N4O6. The fraction of sp³-hybridized carbons (Fsp3) is 0.565. The van der Waals surface area contributed by atoms with Gasteiger partial charge in [-0.15, -0.1) is 0 Å². The number of hydrogen-bond acceptors (Lipinski definition) is 6. The van der Waals surface area contributed by atoms with E-state index < -0.39 is 59.4 Å². The number of carboxylic acids is 1. The van der Waals surface area contributed by atoms with Gasteiger partial charge >= 0.3 is 12.1 Å². The van der Waals surface area contributed by atoms with Gasteiger partial charge in [0.1, 0.15) is 11.4 Å². The minimum atomic E-state index is -1.38. The highest BCUT2D eigenvalue weighted by atomic mass is 19.2. The Morgan fingerprint density at radius 3 is 2.14 bits per heavy atom. The van der Waals surface area contributed by atoms with Crippen LogP contribution < -0.4 is 5.32 Å². The lowest BCUT2D eigenvalue weighted by Crippen LogP contribution is -2.52. The molecule has 1 aromatic rings. The van der Waals surface area contributed by atoms with Gasteiger partial charge in [-0.25, -0.2) is 18.0 Å². The molecule has 36 heavy (non-hydrogen) atoms. The van der Waals surface area contributed by atoms with E-state index in [1.807, 2.05) is 0 Å². The monoisotopic (exact) mass is 516 g/mol. The number of nitrogens with zero attached hydrogens (tertiary/aromatic N) is 3. The summed E-state index contributed by atoms with van der Waals surface area (Å²) in [6.45, 7) is 6.26. The third-order valence-corrected chi connectivity index (χ3v) is 5.26. The van der Waals surface area contributed by atoms with Gasteiger partial charge in [-0.2, -0.15) is 0 Å². The molecule has 1 aromatic carbocycles. The van der Waals surface area contributed by atoms with E-state index in [2.05, 4.69) is 5.32 Å². The highest BCUT2D eigenvalue weighted by molar-refractivity contribution is 5.82. The van der Waals surface area contributed by atoms with Gasteiger partial charge in [0.05, 0.1) is 19.6 Å². The summed E-state index contributed by atoms with van der Waals surface area (Å²) < 4.78 is 46.6. The number of alkyl carbamates (subject to hydrolysis) is 1. The van der Waals surface area contributed by atoms with Crippen molar-refractivity contribution in [3.63, 3.8) is 0 Å². The lowest BCUT2D eigenvalue weighted by atomic mass is 10.0. The number of nitrogens with one attached hydrogen (secondary N) is 1. The van der Waals surface area contributed by atoms with Gasteiger partial charge in [0.25, 0.3) is 0 Å². The molecule has 1 heterocycles. The maximum atomic E-state index is 14.3. The normalized spacial score (nSPS) is 15.8. The minimum Gasteiger partial charge on any atom is -0.480 e. The molecule has 1 saturated heterocycles. The van der Waals surface area contributed by atoms with Crippen molar-refractivity contribution in [2.24, 2.45) is 0 Å². The third-order valence-electron chi connectivity index (χ3n) is 5.26. The van der Waals surface area contributed by atoms with Gasteiger partial charge in [0.2, 0.25) is 11.8 Å². The number of aliphatic carboxylic acids is 1. The minimum absolute atomic E-state index is 0.00954. The van der Waals surface area contributed by atoms with Crippen LogP contribution in [-0.2, 0) is 25.5 Å². The van der Waals surface area contributed by atoms with Gasteiger partial charge < -0.3 is 15.2 Å². The number of hydrogen-bond donors (Lipinski definition) is 2. The summed E-state index contributed by atoms with van der Waals surface area (Å²) in [5.41, 5.74) is -1.15. The van der Waals surface area contributed by atoms with E-state index in [9.17, 15) is 32.3 Å². The molecule has 1 aliphatic heterocycles. The Labute approximate surface area is 206 Å². The molecule has 1 fully saturated rings. The number of amides is 3. The first kappa shape index (κ1) is 28.9. The summed E-state index contributed by atoms with van der Waals surface area (Å²) in [7, 11) is 0. The molecule has 3 amide bonds. The van der Waals surface area contributed by atoms with Crippen LogP contribution in [0, 0.1) is 17.5 Å². The van der Waals surface area contributed by atoms with Crippen LogP contribution in [0.15, 0.2) is 12.1 Å². The Hall–Kier alpha value is -3.35. The first-order valence-electron chi connectivity index (χ1n) is 11.3. The summed E-state index contributed by atoms with van der Waals surface area (Å²) in [6.07, 6.45) is -1.71. The van der Waals surface area contributed by atoms with Crippen molar-refractivity contribution in [3.8, 4) is 0 Å². The molecule has 0 radical (unpaired) electrons. The van der Waals surface area contributed by atoms with Gasteiger partial charge in [0.15, 0.2) is 11.6 Å². The van der Waals surface area contributed by atoms with Gasteiger partial charge in [-0.3, -0.25) is 29.3 Å². The zero-order chi connectivity index (χ0) is 27.2. The number of hydrazine groups is 1. The number of carbonyl (C=O) groups excluding carboxylic acids is 3. The molecule has 0 saturated carbocycles. The van der Waals surface area contributed by atoms with Crippen LogP contribution in [0.5, 0.6) is 0 Å². The van der Waals surface area contributed by atoms with Gasteiger partial charge in [0, 0.05) is 38.5 Å². The van der Waals surface area contributed by atoms with Gasteiger partial charge in [-0.1, -0.05) is 0 Å². The second-order valence-electron chi connectivity index (χ2n) is 9.44. The fourth-order valence-corrected chi connectivity index (χ4v) is 3.71. The van der Waals surface area contributed by atoms with Crippen molar-refractivity contribution in [2.75, 3.05) is 32.7 Å². The van der Waals surface area contributed by atoms with Crippen molar-refractivity contribution in [1.82, 2.24) is 20.2 Å². The molecule has 10 nitrogen and oxygen atoms in total. The quantitative estimate of drug-likeness (QED) is 0.532. The summed E-state index contributed by atoms with van der Waals surface area (Å²) >= 11 is 0. The molecule has 1 atom stereocenters. The van der Waals surface area contributed by atoms with E-state index in [0.29, 0.717) is 12.1 Å². The first-order valence-corrected chi connectivity index (χ1v) is 11.3. The zero-order valence-corrected chi connectivity index (χ0v) is 20.6. The highest BCUT2D eigenvalue weighted by Gasteiger charge is 2.31. The van der Waals surface area contributed by atoms with Crippen molar-refractivity contribution in [1.29, 1.82) is 0 Å². The molecule has 200 valence electrons. The second kappa shape index (κ2) is 12.1. The van der Waals surface area contributed by atoms with Crippen molar-refractivity contribution < 1.29 is 42.2 Å². The average Bonchev–Trinajstić information content (AvgIpc) is 2.92. The standard InChI is InChI=1S/C23H31F3N4O6/c1-14(31)29-7-5-28(13-21(33)34)6-8-30(29)20(32)11-16(27-22(35)36-23(2,3)4)9-15-10-18(25)19(26)12-17(15)24/h10,12,16H,5-9,11,13H2,1-4H3,(H,27,35)(H,33,34)/t16-/m1/s1. The highest BCUT2D eigenvalue weighted by Crippen LogP contribution is 2.18. The maximum absolute atomic E-state index is 14.3. The molecule has 0 bridgehead atoms. The van der Waals surface area contributed by atoms with Gasteiger partial charge in [-0.05, 0) is 38.8 Å². The average molecular weight is 517 g/mol. The molecule has 2 rings (SSSR count). The van der Waals surface area contributed by atoms with Crippen LogP contribution in [0.1, 0.15) is 39.7 Å². The van der Waals surface area contributed by atoms with E-state index >= 15 is 0 Å². The fourth-order valence-electron chi connectivity index (χ4n) is 3.71. The molecular weight excluding hydrogens is 485 g/mol. The molecule has 0 aromatic heterocycles. The third kappa shape index (κ3) is 8.70. The molecule has 13 heteroatoms. The van der Waals surface area contributed by atoms with Crippen LogP contribution in [0.25, 0.3) is 0 Å². The first-order chi connectivity index (χ1) is 16.7. The molecule has 0 spiro atoms. The number of halogens is 3. The topological polar surface area (TPSA) is 119 Å². The summed E-state index contributed by atoms with van der Waals surface area (Å²) in [5, 5.41) is 13.8. The Balaban J connectivity index is 2.26. The smallest absolute Gasteiger partial charge is 0.407 e. The van der Waals surface area contributed by atoms with Crippen LogP contribution in [0.4, 0.5) is 18.0 Å². The van der Waals surface area contributed by atoms with E-state index in [-0.39, 0.29) is 44.7 Å². The molecule has 0 aliphatic carbocycles. The second-order valence-corrected chi connectivity index (χ2v) is 9.44. The van der Waals surface area contributed by atoms with Crippen LogP contribution in [0.3, 0.4) is 0 Å². The Bertz CT molecular complexity index is 1000. The predicted octanol–water partition coefficient (Wildman–Crippen LogP) is 1.92. The summed E-state index contributed by atoms with van der Waals surface area (Å²) in [6, 6.07) is -0.0736. The lowest BCUT2D eigenvalue weighted by Gasteiger charge is -2.33. The van der Waals surface area contributed by atoms with Crippen molar-refractivity contribution in [2.45, 2.75) is 52.2 Å². The predicted molar refractivity (Wildman–Crippen MR) is 121 cm³/mol. The molecule has 0 unspecified atom stereocenters. The van der Waals surface area contributed by atoms with Crippen LogP contribution in [-0.4, -0.2) is 88.3 Å². The maximum Gasteiger partial charge on any atom is 0.407 e. The van der Waals surface area contributed by atoms with E-state index in [4.69, 9.17) is 9.84 Å². The van der Waals surface area contributed by atoms with Crippen LogP contribution >= 0.6 is 0 Å². The van der Waals surface area contributed by atoms with E-state index in [1.54, 1.807) is 25.7 Å². The Kier molecular flexibility index (Phi) is 9.68. The lowest BCUT2D eigenvalue weighted by molar-refractivity contribution is -0.161. The summed E-state index contributed by atoms with van der Waals surface area (Å²) in [5.74, 6) is -5.85. The van der Waals surface area contributed by atoms with E-state index in [1.165, 1.54) is 11.9 Å². The number of carbonyl (C=O) groups is 4. The summed E-state index contributed by atoms with van der Waals surface area (Å²) in [4.78, 5) is 50.5. The number of ether oxygens (including phenoxy) is 1.